The van der Waals surface area contributed by atoms with Crippen LogP contribution in [0.2, 0.25) is 5.82 Å². The average Bonchev–Trinajstić information content (AvgIpc) is 3.32. The van der Waals surface area contributed by atoms with Gasteiger partial charge in [0.25, 0.3) is 0 Å². The van der Waals surface area contributed by atoms with E-state index >= 15 is 0 Å². The van der Waals surface area contributed by atoms with Crippen molar-refractivity contribution in [1.29, 1.82) is 0 Å². The highest BCUT2D eigenvalue weighted by Crippen LogP contribution is 2.56. The van der Waals surface area contributed by atoms with Crippen LogP contribution in [0, 0.1) is 6.92 Å². The molecular weight excluding hydrogens is 587 g/mol. The number of aryl methyl sites for hydroxylation is 1. The lowest BCUT2D eigenvalue weighted by atomic mass is 9.76. The third-order valence-corrected chi connectivity index (χ3v) is 10.7. The monoisotopic (exact) mass is 630 g/mol. The van der Waals surface area contributed by atoms with Crippen LogP contribution in [-0.2, 0) is 5.41 Å². The van der Waals surface area contributed by atoms with Gasteiger partial charge in [0.1, 0.15) is 7.85 Å². The molecule has 7 aromatic carbocycles. The number of rotatable bonds is 5. The predicted octanol–water partition coefficient (Wildman–Crippen LogP) is 12.7. The Hall–Kier alpha value is -5.14. The van der Waals surface area contributed by atoms with Crippen molar-refractivity contribution in [3.8, 4) is 22.3 Å². The van der Waals surface area contributed by atoms with E-state index in [0.29, 0.717) is 5.82 Å². The first-order valence-corrected chi connectivity index (χ1v) is 17.7. The van der Waals surface area contributed by atoms with Gasteiger partial charge in [0.05, 0.1) is 0 Å². The molecule has 49 heavy (non-hydrogen) atoms. The molecule has 8 rings (SSSR count). The van der Waals surface area contributed by atoms with Crippen LogP contribution in [0.25, 0.3) is 65.7 Å². The van der Waals surface area contributed by atoms with Crippen molar-refractivity contribution in [3.05, 3.63) is 167 Å². The van der Waals surface area contributed by atoms with E-state index in [1.807, 2.05) is 0 Å². The minimum atomic E-state index is -0.102. The van der Waals surface area contributed by atoms with Crippen molar-refractivity contribution in [2.45, 2.75) is 52.8 Å². The molecule has 0 saturated heterocycles. The number of hydrogen-bond donors (Lipinski definition) is 0. The van der Waals surface area contributed by atoms with E-state index in [0.717, 1.165) is 0 Å². The van der Waals surface area contributed by atoms with Crippen molar-refractivity contribution in [3.63, 3.8) is 0 Å². The van der Waals surface area contributed by atoms with Crippen LogP contribution >= 0.6 is 0 Å². The molecule has 0 radical (unpaired) electrons. The van der Waals surface area contributed by atoms with Crippen LogP contribution in [-0.4, -0.2) is 7.85 Å². The Labute approximate surface area is 292 Å². The largest absolute Gasteiger partial charge is 0.110 e. The van der Waals surface area contributed by atoms with Crippen LogP contribution in [0.15, 0.2) is 139 Å². The van der Waals surface area contributed by atoms with Crippen LogP contribution in [0.1, 0.15) is 62.4 Å². The average molecular weight is 631 g/mol. The fourth-order valence-corrected chi connectivity index (χ4v) is 8.62. The van der Waals surface area contributed by atoms with Crippen LogP contribution < -0.4 is 0 Å². The van der Waals surface area contributed by atoms with Gasteiger partial charge in [-0.15, -0.1) is 0 Å². The number of hydrogen-bond acceptors (Lipinski definition) is 0. The highest BCUT2D eigenvalue weighted by molar-refractivity contribution is 6.28. The molecule has 0 spiro atoms. The first kappa shape index (κ1) is 31.2. The Kier molecular flexibility index (Phi) is 7.49. The second kappa shape index (κ2) is 11.8. The number of allylic oxidation sites excluding steroid dienone is 4. The van der Waals surface area contributed by atoms with Crippen molar-refractivity contribution >= 4 is 51.3 Å². The third kappa shape index (κ3) is 4.82. The zero-order chi connectivity index (χ0) is 34.0. The highest BCUT2D eigenvalue weighted by atomic mass is 14.4. The van der Waals surface area contributed by atoms with Crippen molar-refractivity contribution < 1.29 is 0 Å². The molecule has 0 heterocycles. The summed E-state index contributed by atoms with van der Waals surface area (Å²) < 4.78 is 0. The maximum absolute atomic E-state index is 2.50. The van der Waals surface area contributed by atoms with Gasteiger partial charge in [-0.25, -0.2) is 0 Å². The number of fused-ring (bicyclic) bond motifs is 6. The molecule has 1 heteroatoms. The molecule has 0 aromatic heterocycles. The van der Waals surface area contributed by atoms with Gasteiger partial charge in [0, 0.05) is 5.41 Å². The molecule has 0 aliphatic heterocycles. The van der Waals surface area contributed by atoms with E-state index in [-0.39, 0.29) is 5.41 Å². The fraction of sp³-hybridized carbons (Fsp3) is 0.167. The second-order valence-electron chi connectivity index (χ2n) is 14.9. The Bertz CT molecular complexity index is 2460. The molecule has 0 fully saturated rings. The smallest absolute Gasteiger partial charge is 0.0811 e. The predicted molar refractivity (Wildman–Crippen MR) is 217 cm³/mol. The summed E-state index contributed by atoms with van der Waals surface area (Å²) in [7, 11) is 2.30. The molecule has 0 saturated carbocycles. The SMILES string of the molecule is BC(C)/C=C(\C(=C(C)C)c1ccccc1C)c1c2ccccc2c(-c2c3c(cc4ccccc24)C(C)(C)c2ccccc2-3)c2ccccc12. The van der Waals surface area contributed by atoms with Crippen LogP contribution in [0.3, 0.4) is 0 Å². The molecule has 238 valence electrons. The van der Waals surface area contributed by atoms with E-state index in [9.17, 15) is 0 Å². The molecule has 0 N–H and O–H groups in total. The van der Waals surface area contributed by atoms with Gasteiger partial charge in [-0.2, -0.15) is 0 Å². The summed E-state index contributed by atoms with van der Waals surface area (Å²) >= 11 is 0. The summed E-state index contributed by atoms with van der Waals surface area (Å²) in [5.74, 6) is 0.366. The van der Waals surface area contributed by atoms with Gasteiger partial charge in [-0.3, -0.25) is 0 Å². The van der Waals surface area contributed by atoms with E-state index in [1.54, 1.807) is 0 Å². The Morgan fingerprint density at radius 3 is 1.80 bits per heavy atom. The molecule has 7 aromatic rings. The molecule has 0 amide bonds. The number of benzene rings is 7. The normalized spacial score (nSPS) is 14.2. The summed E-state index contributed by atoms with van der Waals surface area (Å²) in [5.41, 5.74) is 16.0. The molecular formula is C48H43B. The Balaban J connectivity index is 1.58. The van der Waals surface area contributed by atoms with Crippen LogP contribution in [0.4, 0.5) is 0 Å². The lowest BCUT2D eigenvalue weighted by molar-refractivity contribution is 0.661. The minimum Gasteiger partial charge on any atom is -0.0811 e. The lowest BCUT2D eigenvalue weighted by Gasteiger charge is -2.26. The molecule has 1 aliphatic carbocycles. The fourth-order valence-electron chi connectivity index (χ4n) is 8.62. The second-order valence-corrected chi connectivity index (χ2v) is 14.9. The maximum atomic E-state index is 2.50. The van der Waals surface area contributed by atoms with Crippen molar-refractivity contribution in [1.82, 2.24) is 0 Å². The van der Waals surface area contributed by atoms with Gasteiger partial charge < -0.3 is 0 Å². The van der Waals surface area contributed by atoms with Gasteiger partial charge in [0.2, 0.25) is 0 Å². The summed E-state index contributed by atoms with van der Waals surface area (Å²) in [6, 6.07) is 47.8. The highest BCUT2D eigenvalue weighted by Gasteiger charge is 2.38. The maximum Gasteiger partial charge on any atom is 0.110 e. The van der Waals surface area contributed by atoms with Gasteiger partial charge in [0.15, 0.2) is 0 Å². The Morgan fingerprint density at radius 2 is 1.16 bits per heavy atom. The zero-order valence-corrected chi connectivity index (χ0v) is 29.8. The first-order valence-electron chi connectivity index (χ1n) is 17.7. The van der Waals surface area contributed by atoms with E-state index in [1.165, 1.54) is 99.1 Å². The van der Waals surface area contributed by atoms with Gasteiger partial charge >= 0.3 is 0 Å². The standard InChI is InChI=1S/C48H43B/c1-29(2)43(33-19-9-7-17-30(33)3)40(27-31(4)49)44-35-21-11-13-23-37(35)45(38-24-14-12-22-36(38)44)47-34-20-10-8-18-32(34)28-42-46(47)39-25-15-16-26-41(39)48(42,5)6/h7-28,31H,49H2,1-6H3/b40-27+. The summed E-state index contributed by atoms with van der Waals surface area (Å²) in [5, 5.41) is 7.78. The molecule has 1 atom stereocenters. The lowest BCUT2D eigenvalue weighted by Crippen LogP contribution is -2.15. The van der Waals surface area contributed by atoms with Crippen molar-refractivity contribution in [2.24, 2.45) is 0 Å². The van der Waals surface area contributed by atoms with E-state index in [2.05, 4.69) is 183 Å². The van der Waals surface area contributed by atoms with E-state index in [4.69, 9.17) is 0 Å². The van der Waals surface area contributed by atoms with E-state index < -0.39 is 0 Å². The van der Waals surface area contributed by atoms with Crippen LogP contribution in [0.5, 0.6) is 0 Å². The molecule has 0 nitrogen and oxygen atoms in total. The molecule has 1 aliphatic rings. The third-order valence-electron chi connectivity index (χ3n) is 10.7. The first-order chi connectivity index (χ1) is 23.7. The van der Waals surface area contributed by atoms with Crippen molar-refractivity contribution in [2.75, 3.05) is 0 Å². The minimum absolute atomic E-state index is 0.102. The molecule has 0 bridgehead atoms. The molecule has 1 unspecified atom stereocenters. The van der Waals surface area contributed by atoms with Gasteiger partial charge in [-0.05, 0) is 120 Å². The van der Waals surface area contributed by atoms with Gasteiger partial charge in [-0.1, -0.05) is 160 Å². The summed E-state index contributed by atoms with van der Waals surface area (Å²) in [6.45, 7) is 13.9. The zero-order valence-electron chi connectivity index (χ0n) is 29.8. The topological polar surface area (TPSA) is 0 Å². The quantitative estimate of drug-likeness (QED) is 0.101. The summed E-state index contributed by atoms with van der Waals surface area (Å²) in [6.07, 6.45) is 2.50. The Morgan fingerprint density at radius 1 is 0.612 bits per heavy atom. The summed E-state index contributed by atoms with van der Waals surface area (Å²) in [4.78, 5) is 0.